The van der Waals surface area contributed by atoms with Gasteiger partial charge < -0.3 is 5.11 Å². The first kappa shape index (κ1) is 16.9. The summed E-state index contributed by atoms with van der Waals surface area (Å²) < 4.78 is 49.6. The Morgan fingerprint density at radius 3 is 2.11 bits per heavy atom. The van der Waals surface area contributed by atoms with E-state index >= 15 is 0 Å². The van der Waals surface area contributed by atoms with Crippen molar-refractivity contribution in [3.63, 3.8) is 0 Å². The van der Waals surface area contributed by atoms with Crippen LogP contribution >= 0.6 is 34.8 Å². The number of hydrogen-bond donors (Lipinski definition) is 2. The number of aliphatic hydroxyl groups is 1. The predicted octanol–water partition coefficient (Wildman–Crippen LogP) is 2.55. The highest BCUT2D eigenvalue weighted by Gasteiger charge is 2.25. The zero-order valence-corrected chi connectivity index (χ0v) is 12.2. The molecule has 1 unspecified atom stereocenters. The summed E-state index contributed by atoms with van der Waals surface area (Å²) in [5.41, 5.74) is 0. The Labute approximate surface area is 123 Å². The maximum absolute atomic E-state index is 12.1. The van der Waals surface area contributed by atoms with Crippen LogP contribution < -0.4 is 4.72 Å². The van der Waals surface area contributed by atoms with Crippen molar-refractivity contribution in [3.05, 3.63) is 27.2 Å². The first-order valence-corrected chi connectivity index (χ1v) is 7.37. The molecule has 0 spiro atoms. The largest absolute Gasteiger partial charge is 0.386 e. The summed E-state index contributed by atoms with van der Waals surface area (Å²) in [5, 5.41) is 8.48. The van der Waals surface area contributed by atoms with Gasteiger partial charge in [-0.2, -0.15) is 0 Å². The first-order chi connectivity index (χ1) is 8.65. The average molecular weight is 355 g/mol. The van der Waals surface area contributed by atoms with Gasteiger partial charge in [-0.3, -0.25) is 0 Å². The average Bonchev–Trinajstić information content (AvgIpc) is 2.23. The van der Waals surface area contributed by atoms with E-state index in [4.69, 9.17) is 39.9 Å². The van der Waals surface area contributed by atoms with Crippen LogP contribution in [-0.4, -0.2) is 32.6 Å². The SMILES string of the molecule is O=S(=O)(NCC(O)C(F)F)c1c(Cl)cc(Cl)cc1Cl. The van der Waals surface area contributed by atoms with Crippen molar-refractivity contribution in [2.45, 2.75) is 17.4 Å². The highest BCUT2D eigenvalue weighted by Crippen LogP contribution is 2.32. The number of alkyl halides is 2. The van der Waals surface area contributed by atoms with Crippen LogP contribution in [0.1, 0.15) is 0 Å². The van der Waals surface area contributed by atoms with Crippen LogP contribution in [0.25, 0.3) is 0 Å². The third-order valence-electron chi connectivity index (χ3n) is 2.01. The van der Waals surface area contributed by atoms with Crippen LogP contribution in [0.15, 0.2) is 17.0 Å². The number of rotatable bonds is 5. The Balaban J connectivity index is 3.02. The quantitative estimate of drug-likeness (QED) is 0.854. The Bertz CT molecular complexity index is 545. The van der Waals surface area contributed by atoms with E-state index in [9.17, 15) is 17.2 Å². The van der Waals surface area contributed by atoms with Gasteiger partial charge in [-0.05, 0) is 12.1 Å². The molecule has 0 fully saturated rings. The predicted molar refractivity (Wildman–Crippen MR) is 68.7 cm³/mol. The summed E-state index contributed by atoms with van der Waals surface area (Å²) in [4.78, 5) is -0.485. The second kappa shape index (κ2) is 6.51. The topological polar surface area (TPSA) is 66.4 Å². The fraction of sp³-hybridized carbons (Fsp3) is 0.333. The summed E-state index contributed by atoms with van der Waals surface area (Å²) in [6.45, 7) is -0.866. The highest BCUT2D eigenvalue weighted by molar-refractivity contribution is 7.89. The molecule has 10 heteroatoms. The van der Waals surface area contributed by atoms with Crippen molar-refractivity contribution in [3.8, 4) is 0 Å². The van der Waals surface area contributed by atoms with E-state index in [1.807, 2.05) is 0 Å². The van der Waals surface area contributed by atoms with Crippen LogP contribution in [0.3, 0.4) is 0 Å². The molecule has 1 aromatic carbocycles. The Morgan fingerprint density at radius 1 is 1.21 bits per heavy atom. The second-order valence-corrected chi connectivity index (χ2v) is 6.41. The molecule has 1 rings (SSSR count). The second-order valence-electron chi connectivity index (χ2n) is 3.45. The molecule has 1 aromatic rings. The van der Waals surface area contributed by atoms with Gasteiger partial charge in [0.25, 0.3) is 6.43 Å². The molecule has 0 aromatic heterocycles. The van der Waals surface area contributed by atoms with Crippen molar-refractivity contribution in [2.75, 3.05) is 6.54 Å². The maximum atomic E-state index is 12.1. The van der Waals surface area contributed by atoms with Crippen LogP contribution in [0, 0.1) is 0 Å². The van der Waals surface area contributed by atoms with Crippen molar-refractivity contribution in [2.24, 2.45) is 0 Å². The molecule has 0 saturated heterocycles. The Kier molecular flexibility index (Phi) is 5.78. The molecule has 1 atom stereocenters. The maximum Gasteiger partial charge on any atom is 0.265 e. The number of sulfonamides is 1. The van der Waals surface area contributed by atoms with Gasteiger partial charge in [-0.15, -0.1) is 0 Å². The zero-order chi connectivity index (χ0) is 14.8. The lowest BCUT2D eigenvalue weighted by Crippen LogP contribution is -2.36. The zero-order valence-electron chi connectivity index (χ0n) is 9.08. The van der Waals surface area contributed by atoms with Gasteiger partial charge in [0, 0.05) is 11.6 Å². The number of hydrogen-bond acceptors (Lipinski definition) is 3. The molecule has 0 aliphatic heterocycles. The van der Waals surface area contributed by atoms with Gasteiger partial charge in [0.2, 0.25) is 10.0 Å². The monoisotopic (exact) mass is 353 g/mol. The molecule has 0 radical (unpaired) electrons. The van der Waals surface area contributed by atoms with Crippen molar-refractivity contribution < 1.29 is 22.3 Å². The minimum atomic E-state index is -4.23. The minimum absolute atomic E-state index is 0.126. The lowest BCUT2D eigenvalue weighted by atomic mass is 10.4. The van der Waals surface area contributed by atoms with E-state index in [1.54, 1.807) is 4.72 Å². The summed E-state index contributed by atoms with van der Waals surface area (Å²) in [7, 11) is -4.23. The fourth-order valence-corrected chi connectivity index (χ4v) is 3.73. The first-order valence-electron chi connectivity index (χ1n) is 4.75. The van der Waals surface area contributed by atoms with Crippen LogP contribution in [-0.2, 0) is 10.0 Å². The molecule has 0 aliphatic carbocycles. The van der Waals surface area contributed by atoms with Crippen LogP contribution in [0.5, 0.6) is 0 Å². The van der Waals surface area contributed by atoms with Crippen LogP contribution in [0.4, 0.5) is 8.78 Å². The molecule has 0 aliphatic rings. The van der Waals surface area contributed by atoms with Gasteiger partial charge in [0.1, 0.15) is 11.0 Å². The molecular weight excluding hydrogens is 347 g/mol. The molecular formula is C9H8Cl3F2NO3S. The number of aliphatic hydroxyl groups excluding tert-OH is 1. The van der Waals surface area contributed by atoms with Gasteiger partial charge >= 0.3 is 0 Å². The number of halogens is 5. The fourth-order valence-electron chi connectivity index (χ4n) is 1.14. The molecule has 0 heterocycles. The standard InChI is InChI=1S/C9H8Cl3F2NO3S/c10-4-1-5(11)8(6(12)2-4)19(17,18)15-3-7(16)9(13)14/h1-2,7,9,15-16H,3H2. The Hall–Kier alpha value is -0.180. The third kappa shape index (κ3) is 4.40. The van der Waals surface area contributed by atoms with E-state index in [-0.39, 0.29) is 15.1 Å². The molecule has 2 N–H and O–H groups in total. The van der Waals surface area contributed by atoms with Crippen molar-refractivity contribution in [1.29, 1.82) is 0 Å². The molecule has 0 saturated carbocycles. The lowest BCUT2D eigenvalue weighted by Gasteiger charge is -2.13. The van der Waals surface area contributed by atoms with E-state index in [1.165, 1.54) is 0 Å². The summed E-state index contributed by atoms with van der Waals surface area (Å²) >= 11 is 17.0. The summed E-state index contributed by atoms with van der Waals surface area (Å²) in [5.74, 6) is 0. The molecule has 19 heavy (non-hydrogen) atoms. The lowest BCUT2D eigenvalue weighted by molar-refractivity contribution is -0.000451. The molecule has 0 amide bonds. The van der Waals surface area contributed by atoms with Gasteiger partial charge in [-0.1, -0.05) is 34.8 Å². The van der Waals surface area contributed by atoms with Gasteiger partial charge in [0.15, 0.2) is 0 Å². The van der Waals surface area contributed by atoms with Crippen molar-refractivity contribution >= 4 is 44.8 Å². The molecule has 108 valence electrons. The van der Waals surface area contributed by atoms with Gasteiger partial charge in [-0.25, -0.2) is 21.9 Å². The smallest absolute Gasteiger partial charge is 0.265 e. The van der Waals surface area contributed by atoms with E-state index in [0.717, 1.165) is 12.1 Å². The van der Waals surface area contributed by atoms with E-state index < -0.39 is 34.0 Å². The summed E-state index contributed by atoms with van der Waals surface area (Å²) in [6, 6.07) is 2.29. The summed E-state index contributed by atoms with van der Waals surface area (Å²) in [6.07, 6.45) is -5.20. The van der Waals surface area contributed by atoms with Gasteiger partial charge in [0.05, 0.1) is 10.0 Å². The van der Waals surface area contributed by atoms with E-state index in [0.29, 0.717) is 0 Å². The Morgan fingerprint density at radius 2 is 1.68 bits per heavy atom. The minimum Gasteiger partial charge on any atom is -0.386 e. The highest BCUT2D eigenvalue weighted by atomic mass is 35.5. The number of benzene rings is 1. The van der Waals surface area contributed by atoms with Crippen molar-refractivity contribution in [1.82, 2.24) is 4.72 Å². The molecule has 4 nitrogen and oxygen atoms in total. The normalized spacial score (nSPS) is 13.8. The number of nitrogens with one attached hydrogen (secondary N) is 1. The van der Waals surface area contributed by atoms with Crippen LogP contribution in [0.2, 0.25) is 15.1 Å². The molecule has 0 bridgehead atoms. The third-order valence-corrected chi connectivity index (χ3v) is 4.57. The van der Waals surface area contributed by atoms with E-state index in [2.05, 4.69) is 0 Å².